The van der Waals surface area contributed by atoms with Gasteiger partial charge in [0.15, 0.2) is 0 Å². The van der Waals surface area contributed by atoms with Gasteiger partial charge in [-0.1, -0.05) is 23.7 Å². The summed E-state index contributed by atoms with van der Waals surface area (Å²) in [6, 6.07) is 10.7. The molecule has 1 N–H and O–H groups in total. The highest BCUT2D eigenvalue weighted by molar-refractivity contribution is 6.30. The average molecular weight is 439 g/mol. The summed E-state index contributed by atoms with van der Waals surface area (Å²) in [6.07, 6.45) is 4.47. The van der Waals surface area contributed by atoms with Gasteiger partial charge in [0.1, 0.15) is 5.69 Å². The third kappa shape index (κ3) is 3.53. The van der Waals surface area contributed by atoms with Gasteiger partial charge in [-0.15, -0.1) is 0 Å². The number of nitro groups is 1. The van der Waals surface area contributed by atoms with Crippen molar-refractivity contribution in [2.75, 3.05) is 31.1 Å². The summed E-state index contributed by atoms with van der Waals surface area (Å²) < 4.78 is 0. The van der Waals surface area contributed by atoms with Crippen molar-refractivity contribution in [3.8, 4) is 0 Å². The van der Waals surface area contributed by atoms with Crippen LogP contribution in [-0.4, -0.2) is 46.9 Å². The molecular formula is C23H23ClN4O3. The van der Waals surface area contributed by atoms with Gasteiger partial charge in [-0.25, -0.2) is 0 Å². The van der Waals surface area contributed by atoms with Gasteiger partial charge >= 0.3 is 0 Å². The molecule has 0 unspecified atom stereocenters. The summed E-state index contributed by atoms with van der Waals surface area (Å²) >= 11 is 5.94. The molecule has 0 radical (unpaired) electrons. The number of nitrogens with one attached hydrogen (secondary N) is 1. The number of amides is 1. The maximum absolute atomic E-state index is 13.4. The van der Waals surface area contributed by atoms with Crippen molar-refractivity contribution in [2.24, 2.45) is 0 Å². The molecule has 1 aliphatic heterocycles. The van der Waals surface area contributed by atoms with Crippen LogP contribution in [0.15, 0.2) is 36.4 Å². The highest BCUT2D eigenvalue weighted by Crippen LogP contribution is 2.33. The second-order valence-corrected chi connectivity index (χ2v) is 8.62. The molecule has 160 valence electrons. The summed E-state index contributed by atoms with van der Waals surface area (Å²) in [6.45, 7) is 2.08. The Balaban J connectivity index is 1.37. The number of hydrogen-bond donors (Lipinski definition) is 1. The lowest BCUT2D eigenvalue weighted by Crippen LogP contribution is -2.49. The average Bonchev–Trinajstić information content (AvgIpc) is 3.17. The largest absolute Gasteiger partial charge is 0.362 e. The van der Waals surface area contributed by atoms with Gasteiger partial charge < -0.3 is 14.8 Å². The number of fused-ring (bicyclic) bond motifs is 3. The molecule has 1 amide bonds. The number of benzene rings is 2. The molecule has 3 aromatic rings. The third-order valence-corrected chi connectivity index (χ3v) is 6.64. The van der Waals surface area contributed by atoms with E-state index in [9.17, 15) is 14.9 Å². The molecule has 7 nitrogen and oxygen atoms in total. The van der Waals surface area contributed by atoms with Gasteiger partial charge in [0.25, 0.3) is 11.6 Å². The predicted molar refractivity (Wildman–Crippen MR) is 121 cm³/mol. The standard InChI is InChI=1S/C23H23ClN4O3/c24-15-8-9-20(21(14-15)28(30)31)26-10-12-27(13-11-26)23(29)18-6-3-5-17-16-4-1-2-7-19(16)25-22(17)18/h3,5-6,8-9,14,25H,1-2,4,7,10-13H2. The number of carbonyl (C=O) groups excluding carboxylic acids is 1. The molecule has 2 aromatic carbocycles. The number of anilines is 1. The number of para-hydroxylation sites is 1. The van der Waals surface area contributed by atoms with Crippen LogP contribution in [0.25, 0.3) is 10.9 Å². The van der Waals surface area contributed by atoms with Crippen LogP contribution in [0, 0.1) is 10.1 Å². The maximum atomic E-state index is 13.4. The van der Waals surface area contributed by atoms with Gasteiger partial charge in [0.05, 0.1) is 16.0 Å². The van der Waals surface area contributed by atoms with Crippen molar-refractivity contribution in [2.45, 2.75) is 25.7 Å². The number of aromatic nitrogens is 1. The molecule has 2 aliphatic rings. The first-order chi connectivity index (χ1) is 15.0. The number of nitro benzene ring substituents is 1. The number of nitrogens with zero attached hydrogens (tertiary/aromatic N) is 3. The second-order valence-electron chi connectivity index (χ2n) is 8.19. The number of carbonyl (C=O) groups is 1. The van der Waals surface area contributed by atoms with Gasteiger partial charge in [-0.05, 0) is 49.4 Å². The quantitative estimate of drug-likeness (QED) is 0.479. The Morgan fingerprint density at radius 3 is 2.61 bits per heavy atom. The van der Waals surface area contributed by atoms with Gasteiger partial charge in [-0.2, -0.15) is 0 Å². The fourth-order valence-electron chi connectivity index (χ4n) is 4.84. The minimum absolute atomic E-state index is 0.00555. The van der Waals surface area contributed by atoms with Crippen molar-refractivity contribution >= 4 is 39.8 Å². The minimum atomic E-state index is -0.410. The zero-order chi connectivity index (χ0) is 21.5. The highest BCUT2D eigenvalue weighted by atomic mass is 35.5. The molecule has 0 bridgehead atoms. The van der Waals surface area contributed by atoms with Crippen LogP contribution in [0.4, 0.5) is 11.4 Å². The van der Waals surface area contributed by atoms with E-state index in [4.69, 9.17) is 11.6 Å². The smallest absolute Gasteiger partial charge is 0.294 e. The Morgan fingerprint density at radius 2 is 1.84 bits per heavy atom. The molecule has 0 saturated carbocycles. The summed E-state index contributed by atoms with van der Waals surface area (Å²) in [5.41, 5.74) is 4.81. The van der Waals surface area contributed by atoms with E-state index < -0.39 is 4.92 Å². The summed E-state index contributed by atoms with van der Waals surface area (Å²) in [7, 11) is 0. The van der Waals surface area contributed by atoms with E-state index in [1.165, 1.54) is 30.2 Å². The van der Waals surface area contributed by atoms with E-state index in [0.717, 1.165) is 23.7 Å². The van der Waals surface area contributed by atoms with Crippen LogP contribution in [0.2, 0.25) is 5.02 Å². The Hall–Kier alpha value is -3.06. The Bertz CT molecular complexity index is 1180. The Morgan fingerprint density at radius 1 is 1.06 bits per heavy atom. The normalized spacial score (nSPS) is 16.4. The van der Waals surface area contributed by atoms with Crippen LogP contribution in [0.1, 0.15) is 34.5 Å². The highest BCUT2D eigenvalue weighted by Gasteiger charge is 2.28. The fourth-order valence-corrected chi connectivity index (χ4v) is 5.01. The molecule has 31 heavy (non-hydrogen) atoms. The first kappa shape index (κ1) is 19.9. The monoisotopic (exact) mass is 438 g/mol. The molecule has 1 aliphatic carbocycles. The van der Waals surface area contributed by atoms with E-state index in [-0.39, 0.29) is 11.6 Å². The first-order valence-electron chi connectivity index (χ1n) is 10.6. The lowest BCUT2D eigenvalue weighted by Gasteiger charge is -2.36. The van der Waals surface area contributed by atoms with Crippen LogP contribution in [-0.2, 0) is 12.8 Å². The number of aryl methyl sites for hydroxylation is 2. The zero-order valence-electron chi connectivity index (χ0n) is 17.1. The molecule has 1 fully saturated rings. The van der Waals surface area contributed by atoms with E-state index >= 15 is 0 Å². The number of aromatic amines is 1. The predicted octanol–water partition coefficient (Wildman–Crippen LogP) is 4.57. The summed E-state index contributed by atoms with van der Waals surface area (Å²) in [4.78, 5) is 31.7. The van der Waals surface area contributed by atoms with Crippen LogP contribution in [0.5, 0.6) is 0 Å². The molecule has 5 rings (SSSR count). The number of piperazine rings is 1. The first-order valence-corrected chi connectivity index (χ1v) is 11.0. The van der Waals surface area contributed by atoms with Crippen LogP contribution in [0.3, 0.4) is 0 Å². The van der Waals surface area contributed by atoms with Crippen molar-refractivity contribution in [3.63, 3.8) is 0 Å². The van der Waals surface area contributed by atoms with Crippen molar-refractivity contribution in [1.82, 2.24) is 9.88 Å². The van der Waals surface area contributed by atoms with E-state index in [0.29, 0.717) is 42.5 Å². The van der Waals surface area contributed by atoms with Crippen molar-refractivity contribution < 1.29 is 9.72 Å². The Labute approximate surface area is 184 Å². The van der Waals surface area contributed by atoms with E-state index in [2.05, 4.69) is 11.1 Å². The molecule has 0 atom stereocenters. The van der Waals surface area contributed by atoms with E-state index in [1.807, 2.05) is 21.9 Å². The van der Waals surface area contributed by atoms with Gasteiger partial charge in [-0.3, -0.25) is 14.9 Å². The van der Waals surface area contributed by atoms with Gasteiger partial charge in [0.2, 0.25) is 0 Å². The van der Waals surface area contributed by atoms with Gasteiger partial charge in [0, 0.05) is 48.3 Å². The zero-order valence-corrected chi connectivity index (χ0v) is 17.8. The summed E-state index contributed by atoms with van der Waals surface area (Å²) in [5.74, 6) is 0.00875. The second kappa shape index (κ2) is 7.89. The Kier molecular flexibility index (Phi) is 5.06. The number of halogens is 1. The van der Waals surface area contributed by atoms with E-state index in [1.54, 1.807) is 12.1 Å². The minimum Gasteiger partial charge on any atom is -0.362 e. The number of H-pyrrole nitrogens is 1. The molecule has 1 saturated heterocycles. The number of rotatable bonds is 3. The van der Waals surface area contributed by atoms with Crippen molar-refractivity contribution in [3.05, 3.63) is 68.4 Å². The topological polar surface area (TPSA) is 82.5 Å². The number of hydrogen-bond acceptors (Lipinski definition) is 4. The van der Waals surface area contributed by atoms with Crippen LogP contribution >= 0.6 is 11.6 Å². The third-order valence-electron chi connectivity index (χ3n) is 6.41. The lowest BCUT2D eigenvalue weighted by molar-refractivity contribution is -0.384. The van der Waals surface area contributed by atoms with Crippen molar-refractivity contribution in [1.29, 1.82) is 0 Å². The fraction of sp³-hybridized carbons (Fsp3) is 0.348. The molecule has 2 heterocycles. The molecule has 8 heteroatoms. The molecule has 1 aromatic heterocycles. The SMILES string of the molecule is O=C(c1cccc2c3c([nH]c12)CCCC3)N1CCN(c2ccc(Cl)cc2[N+](=O)[O-])CC1. The maximum Gasteiger partial charge on any atom is 0.294 e. The molecular weight excluding hydrogens is 416 g/mol. The lowest BCUT2D eigenvalue weighted by atomic mass is 9.95. The summed E-state index contributed by atoms with van der Waals surface area (Å²) in [5, 5.41) is 12.9. The molecule has 0 spiro atoms. The van der Waals surface area contributed by atoms with Crippen LogP contribution < -0.4 is 4.90 Å².